The van der Waals surface area contributed by atoms with Crippen molar-refractivity contribution in [2.75, 3.05) is 11.9 Å². The van der Waals surface area contributed by atoms with Crippen molar-refractivity contribution in [3.63, 3.8) is 0 Å². The monoisotopic (exact) mass is 432 g/mol. The van der Waals surface area contributed by atoms with Crippen molar-refractivity contribution in [2.24, 2.45) is 0 Å². The standard InChI is InChI=1S/C24H18F2N4O2/c1-24(18-6-4-10-28-15-18)13-21(31)30(23(32)29(24)2)22-19(25)11-17(12-20(22)26)8-7-16-5-3-9-27-14-16/h3-6,9-12,14-15H,13H2,1-2H3. The number of amides is 3. The fourth-order valence-corrected chi connectivity index (χ4v) is 3.59. The third-order valence-corrected chi connectivity index (χ3v) is 5.50. The van der Waals surface area contributed by atoms with Crippen molar-refractivity contribution in [1.82, 2.24) is 14.9 Å². The van der Waals surface area contributed by atoms with Crippen LogP contribution in [-0.2, 0) is 10.3 Å². The van der Waals surface area contributed by atoms with Gasteiger partial charge in [0.1, 0.15) is 5.69 Å². The maximum atomic E-state index is 14.9. The van der Waals surface area contributed by atoms with Gasteiger partial charge < -0.3 is 4.90 Å². The molecule has 4 rings (SSSR count). The lowest BCUT2D eigenvalue weighted by molar-refractivity contribution is -0.122. The number of pyridine rings is 2. The summed E-state index contributed by atoms with van der Waals surface area (Å²) in [4.78, 5) is 35.8. The van der Waals surface area contributed by atoms with Gasteiger partial charge in [-0.2, -0.15) is 0 Å². The van der Waals surface area contributed by atoms with E-state index in [-0.39, 0.29) is 12.0 Å². The van der Waals surface area contributed by atoms with Gasteiger partial charge in [0.2, 0.25) is 5.91 Å². The highest BCUT2D eigenvalue weighted by Gasteiger charge is 2.47. The molecule has 6 nitrogen and oxygen atoms in total. The van der Waals surface area contributed by atoms with E-state index < -0.39 is 34.8 Å². The Balaban J connectivity index is 1.68. The summed E-state index contributed by atoms with van der Waals surface area (Å²) in [5, 5.41) is 0. The van der Waals surface area contributed by atoms with Crippen molar-refractivity contribution in [1.29, 1.82) is 0 Å². The number of nitrogens with zero attached hydrogens (tertiary/aromatic N) is 4. The Hall–Kier alpha value is -4.12. The molecule has 0 aliphatic carbocycles. The van der Waals surface area contributed by atoms with Gasteiger partial charge in [0.15, 0.2) is 11.6 Å². The molecule has 0 spiro atoms. The Kier molecular flexibility index (Phi) is 5.41. The number of imide groups is 1. The van der Waals surface area contributed by atoms with Crippen molar-refractivity contribution in [3.05, 3.63) is 89.5 Å². The SMILES string of the molecule is CN1C(=O)N(c2c(F)cc(C#Cc3cccnc3)cc2F)C(=O)CC1(C)c1cccnc1. The largest absolute Gasteiger partial charge is 0.332 e. The number of benzene rings is 1. The lowest BCUT2D eigenvalue weighted by atomic mass is 9.86. The second kappa shape index (κ2) is 8.19. The van der Waals surface area contributed by atoms with E-state index >= 15 is 0 Å². The molecule has 0 N–H and O–H groups in total. The molecular weight excluding hydrogens is 414 g/mol. The zero-order valence-electron chi connectivity index (χ0n) is 17.3. The number of anilines is 1. The number of carbonyl (C=O) groups is 2. The number of rotatable bonds is 2. The molecule has 1 aromatic carbocycles. The molecule has 1 atom stereocenters. The lowest BCUT2D eigenvalue weighted by Gasteiger charge is -2.45. The van der Waals surface area contributed by atoms with Crippen LogP contribution in [0.15, 0.2) is 61.2 Å². The molecule has 1 saturated heterocycles. The fourth-order valence-electron chi connectivity index (χ4n) is 3.59. The molecule has 1 aliphatic rings. The molecule has 160 valence electrons. The second-order valence-electron chi connectivity index (χ2n) is 7.54. The van der Waals surface area contributed by atoms with Gasteiger partial charge in [0, 0.05) is 43.0 Å². The van der Waals surface area contributed by atoms with Gasteiger partial charge in [0.05, 0.1) is 12.0 Å². The van der Waals surface area contributed by atoms with Gasteiger partial charge in [-0.25, -0.2) is 18.5 Å². The van der Waals surface area contributed by atoms with Crippen LogP contribution >= 0.6 is 0 Å². The minimum absolute atomic E-state index is 0.0677. The zero-order chi connectivity index (χ0) is 22.9. The first-order chi connectivity index (χ1) is 15.3. The number of hydrogen-bond acceptors (Lipinski definition) is 4. The molecule has 0 bridgehead atoms. The summed E-state index contributed by atoms with van der Waals surface area (Å²) >= 11 is 0. The van der Waals surface area contributed by atoms with Crippen LogP contribution in [0.1, 0.15) is 30.0 Å². The van der Waals surface area contributed by atoms with Gasteiger partial charge in [-0.05, 0) is 42.8 Å². The Bertz CT molecular complexity index is 1230. The number of carbonyl (C=O) groups excluding carboxylic acids is 2. The van der Waals surface area contributed by atoms with E-state index in [1.54, 1.807) is 49.8 Å². The molecular formula is C24H18F2N4O2. The molecule has 1 aliphatic heterocycles. The second-order valence-corrected chi connectivity index (χ2v) is 7.54. The van der Waals surface area contributed by atoms with Crippen LogP contribution in [0.5, 0.6) is 0 Å². The van der Waals surface area contributed by atoms with E-state index in [2.05, 4.69) is 21.8 Å². The number of aromatic nitrogens is 2. The Labute approximate surface area is 183 Å². The maximum absolute atomic E-state index is 14.9. The molecule has 3 heterocycles. The molecule has 3 aromatic rings. The third kappa shape index (κ3) is 3.69. The number of urea groups is 1. The van der Waals surface area contributed by atoms with Crippen LogP contribution in [-0.4, -0.2) is 33.9 Å². The Morgan fingerprint density at radius 1 is 0.969 bits per heavy atom. The third-order valence-electron chi connectivity index (χ3n) is 5.50. The van der Waals surface area contributed by atoms with Crippen LogP contribution < -0.4 is 4.90 Å². The summed E-state index contributed by atoms with van der Waals surface area (Å²) in [6.07, 6.45) is 6.08. The number of hydrogen-bond donors (Lipinski definition) is 0. The van der Waals surface area contributed by atoms with Crippen molar-refractivity contribution in [2.45, 2.75) is 18.9 Å². The van der Waals surface area contributed by atoms with Crippen LogP contribution in [0.4, 0.5) is 19.3 Å². The van der Waals surface area contributed by atoms with Gasteiger partial charge in [-0.1, -0.05) is 17.9 Å². The quantitative estimate of drug-likeness (QED) is 0.577. The number of halogens is 2. The predicted octanol–water partition coefficient (Wildman–Crippen LogP) is 3.86. The van der Waals surface area contributed by atoms with Crippen molar-refractivity contribution < 1.29 is 18.4 Å². The van der Waals surface area contributed by atoms with Crippen LogP contribution in [0, 0.1) is 23.5 Å². The molecule has 32 heavy (non-hydrogen) atoms. The summed E-state index contributed by atoms with van der Waals surface area (Å²) in [5.74, 6) is 2.60. The lowest BCUT2D eigenvalue weighted by Crippen LogP contribution is -2.60. The fraction of sp³-hybridized carbons (Fsp3) is 0.167. The van der Waals surface area contributed by atoms with Crippen molar-refractivity contribution in [3.8, 4) is 11.8 Å². The summed E-state index contributed by atoms with van der Waals surface area (Å²) in [6.45, 7) is 1.71. The normalized spacial score (nSPS) is 18.4. The highest BCUT2D eigenvalue weighted by atomic mass is 19.1. The molecule has 1 fully saturated rings. The topological polar surface area (TPSA) is 66.4 Å². The average molecular weight is 432 g/mol. The zero-order valence-corrected chi connectivity index (χ0v) is 17.3. The van der Waals surface area contributed by atoms with E-state index in [1.807, 2.05) is 0 Å². The Morgan fingerprint density at radius 3 is 2.19 bits per heavy atom. The Morgan fingerprint density at radius 2 is 1.59 bits per heavy atom. The summed E-state index contributed by atoms with van der Waals surface area (Å²) in [6, 6.07) is 8.00. The molecule has 1 unspecified atom stereocenters. The first kappa shape index (κ1) is 21.1. The highest BCUT2D eigenvalue weighted by Crippen LogP contribution is 2.38. The molecule has 3 amide bonds. The maximum Gasteiger partial charge on any atom is 0.332 e. The van der Waals surface area contributed by atoms with E-state index in [0.717, 1.165) is 12.1 Å². The summed E-state index contributed by atoms with van der Waals surface area (Å²) < 4.78 is 29.8. The predicted molar refractivity (Wildman–Crippen MR) is 113 cm³/mol. The van der Waals surface area contributed by atoms with Crippen molar-refractivity contribution >= 4 is 17.6 Å². The smallest absolute Gasteiger partial charge is 0.317 e. The van der Waals surface area contributed by atoms with Gasteiger partial charge >= 0.3 is 6.03 Å². The van der Waals surface area contributed by atoms with Gasteiger partial charge in [0.25, 0.3) is 0 Å². The van der Waals surface area contributed by atoms with Gasteiger partial charge in [-0.15, -0.1) is 0 Å². The van der Waals surface area contributed by atoms with Crippen LogP contribution in [0.3, 0.4) is 0 Å². The first-order valence-corrected chi connectivity index (χ1v) is 9.73. The van der Waals surface area contributed by atoms with Gasteiger partial charge in [-0.3, -0.25) is 14.8 Å². The van der Waals surface area contributed by atoms with E-state index in [1.165, 1.54) is 18.1 Å². The summed E-state index contributed by atoms with van der Waals surface area (Å²) in [5.41, 5.74) is -0.424. The molecule has 0 saturated carbocycles. The van der Waals surface area contributed by atoms with E-state index in [0.29, 0.717) is 16.0 Å². The minimum atomic E-state index is -1.06. The van der Waals surface area contributed by atoms with E-state index in [4.69, 9.17) is 0 Å². The molecule has 8 heteroatoms. The minimum Gasteiger partial charge on any atom is -0.317 e. The first-order valence-electron chi connectivity index (χ1n) is 9.73. The molecule has 0 radical (unpaired) electrons. The highest BCUT2D eigenvalue weighted by molar-refractivity contribution is 6.16. The molecule has 2 aromatic heterocycles. The van der Waals surface area contributed by atoms with Crippen LogP contribution in [0.2, 0.25) is 0 Å². The van der Waals surface area contributed by atoms with Crippen LogP contribution in [0.25, 0.3) is 0 Å². The summed E-state index contributed by atoms with van der Waals surface area (Å²) in [7, 11) is 1.48. The average Bonchev–Trinajstić information content (AvgIpc) is 2.79. The van der Waals surface area contributed by atoms with E-state index in [9.17, 15) is 18.4 Å².